The number of rotatable bonds is 7. The van der Waals surface area contributed by atoms with E-state index in [4.69, 9.17) is 27.2 Å². The van der Waals surface area contributed by atoms with Crippen molar-refractivity contribution in [2.45, 2.75) is 26.8 Å². The van der Waals surface area contributed by atoms with Crippen molar-refractivity contribution in [1.82, 2.24) is 15.0 Å². The number of anilines is 2. The van der Waals surface area contributed by atoms with Gasteiger partial charge in [-0.05, 0) is 20.3 Å². The maximum absolute atomic E-state index is 9.16. The molecule has 3 N–H and O–H groups in total. The van der Waals surface area contributed by atoms with Crippen LogP contribution < -0.4 is 15.4 Å². The summed E-state index contributed by atoms with van der Waals surface area (Å²) >= 11 is 5.99. The fourth-order valence-electron chi connectivity index (χ4n) is 2.53. The number of ether oxygens (including phenoxy) is 1. The molecule has 2 aromatic rings. The van der Waals surface area contributed by atoms with E-state index < -0.39 is 0 Å². The lowest BCUT2D eigenvalue weighted by atomic mass is 10.1. The summed E-state index contributed by atoms with van der Waals surface area (Å²) in [5.41, 5.74) is 8.51. The smallest absolute Gasteiger partial charge is 0.223 e. The Hall–Kier alpha value is -2.12. The molecule has 2 aromatic heterocycles. The molecule has 2 rings (SSSR count). The Labute approximate surface area is 146 Å². The molecule has 0 radical (unpaired) electrons. The lowest BCUT2D eigenvalue weighted by molar-refractivity contribution is 0.289. The number of aliphatic hydroxyl groups is 1. The van der Waals surface area contributed by atoms with E-state index in [0.717, 1.165) is 22.6 Å². The molecule has 24 heavy (non-hydrogen) atoms. The predicted octanol–water partition coefficient (Wildman–Crippen LogP) is 2.12. The number of nitrogen functional groups attached to an aromatic ring is 1. The van der Waals surface area contributed by atoms with Gasteiger partial charge in [-0.15, -0.1) is 0 Å². The van der Waals surface area contributed by atoms with Gasteiger partial charge in [0, 0.05) is 36.5 Å². The Morgan fingerprint density at radius 1 is 1.33 bits per heavy atom. The van der Waals surface area contributed by atoms with Crippen molar-refractivity contribution < 1.29 is 9.84 Å². The number of nitrogens with two attached hydrogens (primary N) is 1. The highest BCUT2D eigenvalue weighted by molar-refractivity contribution is 6.29. The van der Waals surface area contributed by atoms with Gasteiger partial charge in [0.2, 0.25) is 5.95 Å². The molecule has 0 aliphatic carbocycles. The van der Waals surface area contributed by atoms with Crippen LogP contribution in [0.25, 0.3) is 0 Å². The number of aryl methyl sites for hydroxylation is 1. The van der Waals surface area contributed by atoms with Crippen LogP contribution in [-0.2, 0) is 6.54 Å². The highest BCUT2D eigenvalue weighted by Crippen LogP contribution is 2.26. The van der Waals surface area contributed by atoms with Crippen LogP contribution in [-0.4, -0.2) is 40.3 Å². The van der Waals surface area contributed by atoms with Crippen molar-refractivity contribution >= 4 is 23.4 Å². The minimum absolute atomic E-state index is 0.0778. The summed E-state index contributed by atoms with van der Waals surface area (Å²) in [6.45, 7) is 5.08. The Balaban J connectivity index is 2.36. The summed E-state index contributed by atoms with van der Waals surface area (Å²) in [5, 5.41) is 9.44. The second kappa shape index (κ2) is 8.12. The van der Waals surface area contributed by atoms with Gasteiger partial charge in [0.1, 0.15) is 16.7 Å². The molecular formula is C16H22ClN5O2. The van der Waals surface area contributed by atoms with Gasteiger partial charge in [-0.2, -0.15) is 4.98 Å². The number of methoxy groups -OCH3 is 1. The molecule has 0 unspecified atom stereocenters. The Morgan fingerprint density at radius 2 is 2.08 bits per heavy atom. The lowest BCUT2D eigenvalue weighted by Crippen LogP contribution is -2.27. The molecule has 0 aromatic carbocycles. The summed E-state index contributed by atoms with van der Waals surface area (Å²) < 4.78 is 5.46. The number of aliphatic hydroxyl groups excluding tert-OH is 1. The molecule has 0 atom stereocenters. The molecule has 7 nitrogen and oxygen atoms in total. The zero-order valence-electron chi connectivity index (χ0n) is 14.1. The van der Waals surface area contributed by atoms with E-state index in [-0.39, 0.29) is 17.7 Å². The number of nitrogens with zero attached hydrogens (tertiary/aromatic N) is 4. The van der Waals surface area contributed by atoms with E-state index in [1.165, 1.54) is 0 Å². The van der Waals surface area contributed by atoms with E-state index >= 15 is 0 Å². The molecule has 8 heteroatoms. The minimum Gasteiger partial charge on any atom is -0.496 e. The summed E-state index contributed by atoms with van der Waals surface area (Å²) in [4.78, 5) is 14.6. The standard InChI is InChI=1S/C16H22ClN5O2/c1-10-8-19-12(11(2)15(10)24-3)9-22(5-4-6-23)14-7-13(17)20-16(18)21-14/h7-8,23H,4-6,9H2,1-3H3,(H2,18,20,21). The van der Waals surface area contributed by atoms with E-state index in [1.807, 2.05) is 18.7 Å². The third-order valence-electron chi connectivity index (χ3n) is 3.70. The molecule has 0 saturated heterocycles. The van der Waals surface area contributed by atoms with Gasteiger partial charge >= 0.3 is 0 Å². The van der Waals surface area contributed by atoms with Gasteiger partial charge < -0.3 is 20.5 Å². The van der Waals surface area contributed by atoms with Crippen LogP contribution in [0.1, 0.15) is 23.2 Å². The van der Waals surface area contributed by atoms with Crippen molar-refractivity contribution in [1.29, 1.82) is 0 Å². The average Bonchev–Trinajstić information content (AvgIpc) is 2.53. The van der Waals surface area contributed by atoms with Crippen LogP contribution in [0.15, 0.2) is 12.3 Å². The van der Waals surface area contributed by atoms with Crippen molar-refractivity contribution in [2.75, 3.05) is 30.9 Å². The molecule has 0 bridgehead atoms. The second-order valence-corrected chi connectivity index (χ2v) is 5.84. The summed E-state index contributed by atoms with van der Waals surface area (Å²) in [7, 11) is 1.65. The molecule has 130 valence electrons. The van der Waals surface area contributed by atoms with E-state index in [0.29, 0.717) is 25.3 Å². The lowest BCUT2D eigenvalue weighted by Gasteiger charge is -2.24. The van der Waals surface area contributed by atoms with Crippen molar-refractivity contribution in [3.05, 3.63) is 34.2 Å². The first kappa shape index (κ1) is 18.2. The minimum atomic E-state index is 0.0778. The molecule has 0 spiro atoms. The average molecular weight is 352 g/mol. The largest absolute Gasteiger partial charge is 0.496 e. The number of halogens is 1. The molecular weight excluding hydrogens is 330 g/mol. The highest BCUT2D eigenvalue weighted by Gasteiger charge is 2.16. The maximum atomic E-state index is 9.16. The third-order valence-corrected chi connectivity index (χ3v) is 3.89. The highest BCUT2D eigenvalue weighted by atomic mass is 35.5. The SMILES string of the molecule is COc1c(C)cnc(CN(CCCO)c2cc(Cl)nc(N)n2)c1C. The normalized spacial score (nSPS) is 10.7. The van der Waals surface area contributed by atoms with Crippen molar-refractivity contribution in [3.8, 4) is 5.75 Å². The first-order valence-corrected chi connectivity index (χ1v) is 7.99. The maximum Gasteiger partial charge on any atom is 0.223 e. The van der Waals surface area contributed by atoms with Gasteiger partial charge in [-0.1, -0.05) is 11.6 Å². The van der Waals surface area contributed by atoms with Crippen LogP contribution in [0.5, 0.6) is 5.75 Å². The van der Waals surface area contributed by atoms with Crippen LogP contribution >= 0.6 is 11.6 Å². The van der Waals surface area contributed by atoms with Crippen LogP contribution in [0.4, 0.5) is 11.8 Å². The van der Waals surface area contributed by atoms with Gasteiger partial charge in [-0.3, -0.25) is 4.98 Å². The number of aromatic nitrogens is 3. The van der Waals surface area contributed by atoms with Gasteiger partial charge in [0.25, 0.3) is 0 Å². The summed E-state index contributed by atoms with van der Waals surface area (Å²) in [6, 6.07) is 1.65. The first-order valence-electron chi connectivity index (χ1n) is 7.61. The molecule has 0 fully saturated rings. The van der Waals surface area contributed by atoms with Gasteiger partial charge in [0.05, 0.1) is 19.3 Å². The number of hydrogen-bond acceptors (Lipinski definition) is 7. The number of hydrogen-bond donors (Lipinski definition) is 2. The zero-order valence-corrected chi connectivity index (χ0v) is 14.8. The van der Waals surface area contributed by atoms with Crippen molar-refractivity contribution in [3.63, 3.8) is 0 Å². The Bertz CT molecular complexity index is 691. The van der Waals surface area contributed by atoms with Crippen LogP contribution in [0, 0.1) is 13.8 Å². The number of pyridine rings is 1. The van der Waals surface area contributed by atoms with Gasteiger partial charge in [0.15, 0.2) is 0 Å². The fourth-order valence-corrected chi connectivity index (χ4v) is 2.72. The van der Waals surface area contributed by atoms with Crippen LogP contribution in [0.2, 0.25) is 5.15 Å². The van der Waals surface area contributed by atoms with E-state index in [9.17, 15) is 0 Å². The van der Waals surface area contributed by atoms with E-state index in [1.54, 1.807) is 19.4 Å². The summed E-state index contributed by atoms with van der Waals surface area (Å²) in [6.07, 6.45) is 2.37. The molecule has 0 aliphatic heterocycles. The first-order chi connectivity index (χ1) is 11.5. The van der Waals surface area contributed by atoms with E-state index in [2.05, 4.69) is 15.0 Å². The Kier molecular flexibility index (Phi) is 6.16. The molecule has 2 heterocycles. The third kappa shape index (κ3) is 4.24. The topological polar surface area (TPSA) is 97.4 Å². The van der Waals surface area contributed by atoms with Gasteiger partial charge in [-0.25, -0.2) is 4.98 Å². The predicted molar refractivity (Wildman–Crippen MR) is 94.5 cm³/mol. The molecule has 0 saturated carbocycles. The monoisotopic (exact) mass is 351 g/mol. The second-order valence-electron chi connectivity index (χ2n) is 5.45. The van der Waals surface area contributed by atoms with Crippen LogP contribution in [0.3, 0.4) is 0 Å². The quantitative estimate of drug-likeness (QED) is 0.737. The molecule has 0 amide bonds. The Morgan fingerprint density at radius 3 is 2.71 bits per heavy atom. The fraction of sp³-hybridized carbons (Fsp3) is 0.438. The summed E-state index contributed by atoms with van der Waals surface area (Å²) in [5.74, 6) is 1.53. The van der Waals surface area contributed by atoms with Crippen molar-refractivity contribution in [2.24, 2.45) is 0 Å². The molecule has 0 aliphatic rings. The zero-order chi connectivity index (χ0) is 17.7.